The van der Waals surface area contributed by atoms with Crippen LogP contribution in [-0.4, -0.2) is 11.1 Å². The van der Waals surface area contributed by atoms with Gasteiger partial charge in [-0.3, -0.25) is 0 Å². The van der Waals surface area contributed by atoms with Crippen LogP contribution >= 0.6 is 0 Å². The zero-order valence-corrected chi connectivity index (χ0v) is 6.55. The zero-order chi connectivity index (χ0) is 10.0. The standard InChI is InChI=1S/C9H6F2O2/c1-5(9(12)13)8-6(10)3-2-4-7(8)11/h2-4H,1H2,(H,12,13). The maximum Gasteiger partial charge on any atom is 0.335 e. The minimum Gasteiger partial charge on any atom is -0.478 e. The van der Waals surface area contributed by atoms with Gasteiger partial charge >= 0.3 is 5.97 Å². The summed E-state index contributed by atoms with van der Waals surface area (Å²) in [7, 11) is 0. The van der Waals surface area contributed by atoms with Gasteiger partial charge in [-0.1, -0.05) is 12.6 Å². The lowest BCUT2D eigenvalue weighted by Gasteiger charge is -2.02. The number of benzene rings is 1. The Labute approximate surface area is 73.1 Å². The Balaban J connectivity index is 3.28. The van der Waals surface area contributed by atoms with Gasteiger partial charge in [0, 0.05) is 0 Å². The minimum absolute atomic E-state index is 0.587. The largest absolute Gasteiger partial charge is 0.478 e. The summed E-state index contributed by atoms with van der Waals surface area (Å²) in [5.74, 6) is -3.29. The van der Waals surface area contributed by atoms with E-state index < -0.39 is 28.7 Å². The van der Waals surface area contributed by atoms with Crippen molar-refractivity contribution in [1.29, 1.82) is 0 Å². The highest BCUT2D eigenvalue weighted by atomic mass is 19.1. The van der Waals surface area contributed by atoms with Gasteiger partial charge < -0.3 is 5.11 Å². The zero-order valence-electron chi connectivity index (χ0n) is 6.55. The Morgan fingerprint density at radius 1 is 1.31 bits per heavy atom. The molecule has 1 N–H and O–H groups in total. The maximum absolute atomic E-state index is 12.9. The summed E-state index contributed by atoms with van der Waals surface area (Å²) < 4.78 is 25.8. The Bertz CT molecular complexity index is 352. The van der Waals surface area contributed by atoms with Crippen LogP contribution in [0.4, 0.5) is 8.78 Å². The van der Waals surface area contributed by atoms with Crippen LogP contribution in [0.2, 0.25) is 0 Å². The molecule has 1 aromatic rings. The average molecular weight is 184 g/mol. The molecule has 2 nitrogen and oxygen atoms in total. The van der Waals surface area contributed by atoms with Gasteiger partial charge in [0.05, 0.1) is 11.1 Å². The molecule has 0 unspecified atom stereocenters. The highest BCUT2D eigenvalue weighted by Gasteiger charge is 2.16. The summed E-state index contributed by atoms with van der Waals surface area (Å²) >= 11 is 0. The molecule has 0 amide bonds. The first-order valence-electron chi connectivity index (χ1n) is 3.40. The van der Waals surface area contributed by atoms with Crippen molar-refractivity contribution in [2.45, 2.75) is 0 Å². The smallest absolute Gasteiger partial charge is 0.335 e. The molecule has 1 rings (SSSR count). The summed E-state index contributed by atoms with van der Waals surface area (Å²) in [6, 6.07) is 3.11. The van der Waals surface area contributed by atoms with Gasteiger partial charge in [-0.15, -0.1) is 0 Å². The SMILES string of the molecule is C=C(C(=O)O)c1c(F)cccc1F. The Kier molecular flexibility index (Phi) is 2.41. The van der Waals surface area contributed by atoms with Gasteiger partial charge in [0.15, 0.2) is 0 Å². The fourth-order valence-corrected chi connectivity index (χ4v) is 0.893. The lowest BCUT2D eigenvalue weighted by atomic mass is 10.1. The topological polar surface area (TPSA) is 37.3 Å². The summed E-state index contributed by atoms with van der Waals surface area (Å²) in [6.07, 6.45) is 0. The second kappa shape index (κ2) is 3.35. The van der Waals surface area contributed by atoms with Crippen molar-refractivity contribution in [2.24, 2.45) is 0 Å². The summed E-state index contributed by atoms with van der Waals surface area (Å²) in [5.41, 5.74) is -1.18. The monoisotopic (exact) mass is 184 g/mol. The number of carboxylic acid groups (broad SMARTS) is 1. The van der Waals surface area contributed by atoms with E-state index in [-0.39, 0.29) is 0 Å². The van der Waals surface area contributed by atoms with Crippen molar-refractivity contribution < 1.29 is 18.7 Å². The van der Waals surface area contributed by atoms with E-state index in [2.05, 4.69) is 6.58 Å². The van der Waals surface area contributed by atoms with E-state index in [9.17, 15) is 13.6 Å². The molecule has 0 aliphatic carbocycles. The molecule has 0 atom stereocenters. The van der Waals surface area contributed by atoms with Gasteiger partial charge in [0.25, 0.3) is 0 Å². The highest BCUT2D eigenvalue weighted by Crippen LogP contribution is 2.20. The summed E-state index contributed by atoms with van der Waals surface area (Å²) in [5, 5.41) is 8.45. The molecule has 0 radical (unpaired) electrons. The van der Waals surface area contributed by atoms with Crippen molar-refractivity contribution >= 4 is 11.5 Å². The number of hydrogen-bond donors (Lipinski definition) is 1. The number of aliphatic carboxylic acids is 1. The van der Waals surface area contributed by atoms with Crippen LogP contribution in [0.25, 0.3) is 5.57 Å². The second-order valence-electron chi connectivity index (χ2n) is 2.38. The normalized spacial score (nSPS) is 9.69. The molecule has 0 aromatic heterocycles. The quantitative estimate of drug-likeness (QED) is 0.714. The van der Waals surface area contributed by atoms with Crippen molar-refractivity contribution in [3.63, 3.8) is 0 Å². The average Bonchev–Trinajstić information content (AvgIpc) is 2.03. The molecule has 0 aliphatic heterocycles. The maximum atomic E-state index is 12.9. The van der Waals surface area contributed by atoms with Crippen LogP contribution in [0.3, 0.4) is 0 Å². The highest BCUT2D eigenvalue weighted by molar-refractivity contribution is 6.14. The molecule has 0 heterocycles. The molecule has 1 aromatic carbocycles. The van der Waals surface area contributed by atoms with E-state index in [0.29, 0.717) is 0 Å². The van der Waals surface area contributed by atoms with E-state index in [1.54, 1.807) is 0 Å². The molecule has 0 bridgehead atoms. The van der Waals surface area contributed by atoms with Crippen LogP contribution in [0.15, 0.2) is 24.8 Å². The van der Waals surface area contributed by atoms with E-state index in [4.69, 9.17) is 5.11 Å². The predicted molar refractivity (Wildman–Crippen MR) is 43.0 cm³/mol. The number of hydrogen-bond acceptors (Lipinski definition) is 1. The fourth-order valence-electron chi connectivity index (χ4n) is 0.893. The molecule has 13 heavy (non-hydrogen) atoms. The Hall–Kier alpha value is -1.71. The lowest BCUT2D eigenvalue weighted by molar-refractivity contribution is -0.130. The van der Waals surface area contributed by atoms with Crippen LogP contribution in [0.1, 0.15) is 5.56 Å². The molecule has 0 saturated carbocycles. The minimum atomic E-state index is -1.44. The van der Waals surface area contributed by atoms with Crippen LogP contribution in [-0.2, 0) is 4.79 Å². The van der Waals surface area contributed by atoms with E-state index >= 15 is 0 Å². The molecule has 68 valence electrons. The fraction of sp³-hybridized carbons (Fsp3) is 0. The van der Waals surface area contributed by atoms with Gasteiger partial charge in [-0.2, -0.15) is 0 Å². The van der Waals surface area contributed by atoms with Gasteiger partial charge in [0.2, 0.25) is 0 Å². The van der Waals surface area contributed by atoms with Crippen molar-refractivity contribution in [1.82, 2.24) is 0 Å². The number of carbonyl (C=O) groups is 1. The first kappa shape index (κ1) is 9.38. The first-order valence-corrected chi connectivity index (χ1v) is 3.40. The van der Waals surface area contributed by atoms with Crippen molar-refractivity contribution in [3.8, 4) is 0 Å². The third-order valence-corrected chi connectivity index (χ3v) is 1.52. The van der Waals surface area contributed by atoms with Crippen molar-refractivity contribution in [3.05, 3.63) is 42.0 Å². The third kappa shape index (κ3) is 1.72. The number of halogens is 2. The van der Waals surface area contributed by atoms with Crippen LogP contribution < -0.4 is 0 Å². The van der Waals surface area contributed by atoms with Crippen LogP contribution in [0, 0.1) is 11.6 Å². The first-order chi connectivity index (χ1) is 6.04. The summed E-state index contributed by atoms with van der Waals surface area (Å²) in [6.45, 7) is 3.07. The van der Waals surface area contributed by atoms with E-state index in [1.807, 2.05) is 0 Å². The van der Waals surface area contributed by atoms with Gasteiger partial charge in [0.1, 0.15) is 11.6 Å². The van der Waals surface area contributed by atoms with E-state index in [1.165, 1.54) is 0 Å². The molecule has 0 fully saturated rings. The molecular weight excluding hydrogens is 178 g/mol. The molecule has 0 spiro atoms. The van der Waals surface area contributed by atoms with E-state index in [0.717, 1.165) is 18.2 Å². The molecule has 4 heteroatoms. The molecule has 0 aliphatic rings. The number of rotatable bonds is 2. The summed E-state index contributed by atoms with van der Waals surface area (Å²) in [4.78, 5) is 10.4. The Morgan fingerprint density at radius 3 is 2.15 bits per heavy atom. The van der Waals surface area contributed by atoms with Crippen molar-refractivity contribution in [2.75, 3.05) is 0 Å². The van der Waals surface area contributed by atoms with Gasteiger partial charge in [-0.05, 0) is 12.1 Å². The third-order valence-electron chi connectivity index (χ3n) is 1.52. The number of carboxylic acids is 1. The predicted octanol–water partition coefficient (Wildman–Crippen LogP) is 2.06. The second-order valence-corrected chi connectivity index (χ2v) is 2.38. The molecular formula is C9H6F2O2. The molecule has 0 saturated heterocycles. The lowest BCUT2D eigenvalue weighted by Crippen LogP contribution is -2.02. The Morgan fingerprint density at radius 2 is 1.77 bits per heavy atom. The van der Waals surface area contributed by atoms with Crippen LogP contribution in [0.5, 0.6) is 0 Å². The van der Waals surface area contributed by atoms with Gasteiger partial charge in [-0.25, -0.2) is 13.6 Å².